The molecular weight excluding hydrogens is 293 g/mol. The quantitative estimate of drug-likeness (QED) is 0.518. The number of aromatic nitrogens is 1. The number of benzene rings is 1. The summed E-state index contributed by atoms with van der Waals surface area (Å²) in [4.78, 5) is 25.6. The van der Waals surface area contributed by atoms with Crippen LogP contribution in [0.2, 0.25) is 0 Å². The lowest BCUT2D eigenvalue weighted by molar-refractivity contribution is -0.384. The maximum atomic E-state index is 13.8. The third kappa shape index (κ3) is 3.35. The van der Waals surface area contributed by atoms with Crippen LogP contribution in [0, 0.1) is 15.9 Å². The number of ether oxygens (including phenoxy) is 1. The third-order valence-electron chi connectivity index (χ3n) is 2.90. The fourth-order valence-electron chi connectivity index (χ4n) is 1.81. The molecule has 22 heavy (non-hydrogen) atoms. The Kier molecular flexibility index (Phi) is 4.62. The van der Waals surface area contributed by atoms with Gasteiger partial charge in [0.1, 0.15) is 5.82 Å². The molecule has 0 bridgehead atoms. The summed E-state index contributed by atoms with van der Waals surface area (Å²) in [6.45, 7) is -0.0610. The van der Waals surface area contributed by atoms with E-state index < -0.39 is 16.7 Å². The number of nitrogens with zero attached hydrogens (tertiary/aromatic N) is 2. The zero-order chi connectivity index (χ0) is 16.1. The van der Waals surface area contributed by atoms with E-state index in [-0.39, 0.29) is 29.2 Å². The highest BCUT2D eigenvalue weighted by Crippen LogP contribution is 2.21. The standard InChI is InChI=1S/C14H12FN3O4/c1-22-14(19)9-4-5-11(15)10(7-9)8-17-13-12(18(20)21)3-2-6-16-13/h2-7H,8H2,1H3,(H,16,17). The first-order chi connectivity index (χ1) is 10.5. The first-order valence-corrected chi connectivity index (χ1v) is 6.23. The van der Waals surface area contributed by atoms with E-state index in [1.165, 1.54) is 37.6 Å². The minimum atomic E-state index is -0.593. The van der Waals surface area contributed by atoms with Gasteiger partial charge in [0, 0.05) is 24.4 Å². The molecule has 1 aromatic carbocycles. The first-order valence-electron chi connectivity index (χ1n) is 6.23. The number of esters is 1. The van der Waals surface area contributed by atoms with Crippen molar-refractivity contribution in [3.05, 3.63) is 63.6 Å². The molecule has 0 aliphatic heterocycles. The number of halogens is 1. The Bertz CT molecular complexity index is 721. The molecule has 0 amide bonds. The van der Waals surface area contributed by atoms with Gasteiger partial charge in [0.05, 0.1) is 17.6 Å². The van der Waals surface area contributed by atoms with Crippen molar-refractivity contribution in [1.29, 1.82) is 0 Å². The van der Waals surface area contributed by atoms with E-state index in [1.54, 1.807) is 0 Å². The minimum Gasteiger partial charge on any atom is -0.465 e. The van der Waals surface area contributed by atoms with Gasteiger partial charge in [-0.2, -0.15) is 0 Å². The number of carbonyl (C=O) groups is 1. The Labute approximate surface area is 124 Å². The average molecular weight is 305 g/mol. The van der Waals surface area contributed by atoms with Crippen LogP contribution >= 0.6 is 0 Å². The molecule has 0 atom stereocenters. The van der Waals surface area contributed by atoms with Gasteiger partial charge in [-0.15, -0.1) is 0 Å². The summed E-state index contributed by atoms with van der Waals surface area (Å²) in [6.07, 6.45) is 1.39. The number of hydrogen-bond donors (Lipinski definition) is 1. The summed E-state index contributed by atoms with van der Waals surface area (Å²) in [5, 5.41) is 13.6. The van der Waals surface area contributed by atoms with Crippen LogP contribution in [-0.2, 0) is 11.3 Å². The van der Waals surface area contributed by atoms with Gasteiger partial charge >= 0.3 is 11.7 Å². The molecule has 1 aromatic heterocycles. The zero-order valence-corrected chi connectivity index (χ0v) is 11.6. The lowest BCUT2D eigenvalue weighted by Crippen LogP contribution is -2.08. The van der Waals surface area contributed by atoms with Gasteiger partial charge in [0.2, 0.25) is 5.82 Å². The largest absolute Gasteiger partial charge is 0.465 e. The van der Waals surface area contributed by atoms with Crippen LogP contribution in [0.4, 0.5) is 15.9 Å². The van der Waals surface area contributed by atoms with Crippen LogP contribution in [0.15, 0.2) is 36.5 Å². The SMILES string of the molecule is COC(=O)c1ccc(F)c(CNc2ncccc2[N+](=O)[O-])c1. The smallest absolute Gasteiger partial charge is 0.337 e. The zero-order valence-electron chi connectivity index (χ0n) is 11.6. The van der Waals surface area contributed by atoms with Gasteiger partial charge in [-0.1, -0.05) is 0 Å². The highest BCUT2D eigenvalue weighted by atomic mass is 19.1. The summed E-state index contributed by atoms with van der Waals surface area (Å²) in [6, 6.07) is 6.48. The lowest BCUT2D eigenvalue weighted by atomic mass is 10.1. The van der Waals surface area contributed by atoms with Crippen LogP contribution in [0.3, 0.4) is 0 Å². The van der Waals surface area contributed by atoms with Gasteiger partial charge in [0.25, 0.3) is 0 Å². The predicted molar refractivity (Wildman–Crippen MR) is 76.0 cm³/mol. The molecule has 7 nitrogen and oxygen atoms in total. The second-order valence-corrected chi connectivity index (χ2v) is 4.28. The topological polar surface area (TPSA) is 94.4 Å². The van der Waals surface area contributed by atoms with Crippen molar-refractivity contribution in [3.63, 3.8) is 0 Å². The number of methoxy groups -OCH3 is 1. The molecule has 1 N–H and O–H groups in total. The summed E-state index contributed by atoms with van der Waals surface area (Å²) < 4.78 is 18.3. The molecule has 2 aromatic rings. The van der Waals surface area contributed by atoms with E-state index in [2.05, 4.69) is 15.0 Å². The summed E-state index contributed by atoms with van der Waals surface area (Å²) >= 11 is 0. The molecule has 2 rings (SSSR count). The van der Waals surface area contributed by atoms with Crippen LogP contribution < -0.4 is 5.32 Å². The van der Waals surface area contributed by atoms with E-state index in [1.807, 2.05) is 0 Å². The third-order valence-corrected chi connectivity index (χ3v) is 2.90. The average Bonchev–Trinajstić information content (AvgIpc) is 2.53. The van der Waals surface area contributed by atoms with E-state index in [0.717, 1.165) is 6.07 Å². The van der Waals surface area contributed by atoms with Crippen molar-refractivity contribution in [2.24, 2.45) is 0 Å². The van der Waals surface area contributed by atoms with Gasteiger partial charge in [-0.25, -0.2) is 14.2 Å². The summed E-state index contributed by atoms with van der Waals surface area (Å²) in [5.41, 5.74) is 0.145. The Morgan fingerprint density at radius 2 is 2.23 bits per heavy atom. The van der Waals surface area contributed by atoms with Crippen molar-refractivity contribution in [2.75, 3.05) is 12.4 Å². The van der Waals surface area contributed by atoms with Crippen molar-refractivity contribution in [2.45, 2.75) is 6.54 Å². The normalized spacial score (nSPS) is 10.1. The number of carbonyl (C=O) groups excluding carboxylic acids is 1. The van der Waals surface area contributed by atoms with E-state index in [4.69, 9.17) is 0 Å². The number of nitro groups is 1. The highest BCUT2D eigenvalue weighted by molar-refractivity contribution is 5.89. The number of hydrogen-bond acceptors (Lipinski definition) is 6. The number of nitrogens with one attached hydrogen (secondary N) is 1. The predicted octanol–water partition coefficient (Wildman–Crippen LogP) is 2.53. The molecule has 0 unspecified atom stereocenters. The monoisotopic (exact) mass is 305 g/mol. The van der Waals surface area contributed by atoms with Crippen LogP contribution in [0.5, 0.6) is 0 Å². The molecule has 8 heteroatoms. The molecule has 0 radical (unpaired) electrons. The molecule has 0 aliphatic carbocycles. The number of anilines is 1. The van der Waals surface area contributed by atoms with Crippen molar-refractivity contribution < 1.29 is 18.8 Å². The molecule has 0 aliphatic rings. The van der Waals surface area contributed by atoms with Crippen LogP contribution in [0.1, 0.15) is 15.9 Å². The van der Waals surface area contributed by atoms with Crippen molar-refractivity contribution >= 4 is 17.5 Å². The van der Waals surface area contributed by atoms with Gasteiger partial charge in [-0.05, 0) is 24.3 Å². The lowest BCUT2D eigenvalue weighted by Gasteiger charge is -2.08. The molecule has 114 valence electrons. The van der Waals surface area contributed by atoms with Crippen LogP contribution in [0.25, 0.3) is 0 Å². The Hall–Kier alpha value is -3.03. The fourth-order valence-corrected chi connectivity index (χ4v) is 1.81. The highest BCUT2D eigenvalue weighted by Gasteiger charge is 2.15. The molecule has 0 fully saturated rings. The molecule has 0 saturated carbocycles. The molecule has 0 saturated heterocycles. The second-order valence-electron chi connectivity index (χ2n) is 4.28. The number of pyridine rings is 1. The first kappa shape index (κ1) is 15.4. The van der Waals surface area contributed by atoms with Gasteiger partial charge < -0.3 is 10.1 Å². The molecule has 0 spiro atoms. The minimum absolute atomic E-state index is 0.0235. The Morgan fingerprint density at radius 3 is 2.91 bits per heavy atom. The summed E-state index contributed by atoms with van der Waals surface area (Å²) in [5.74, 6) is -1.11. The van der Waals surface area contributed by atoms with Crippen molar-refractivity contribution in [1.82, 2.24) is 4.98 Å². The summed E-state index contributed by atoms with van der Waals surface area (Å²) in [7, 11) is 1.22. The Morgan fingerprint density at radius 1 is 1.45 bits per heavy atom. The maximum Gasteiger partial charge on any atom is 0.337 e. The molecule has 1 heterocycles. The second kappa shape index (κ2) is 6.61. The van der Waals surface area contributed by atoms with E-state index >= 15 is 0 Å². The van der Waals surface area contributed by atoms with Crippen LogP contribution in [-0.4, -0.2) is 23.0 Å². The number of rotatable bonds is 5. The van der Waals surface area contributed by atoms with E-state index in [0.29, 0.717) is 0 Å². The Balaban J connectivity index is 2.22. The maximum absolute atomic E-state index is 13.8. The van der Waals surface area contributed by atoms with E-state index in [9.17, 15) is 19.3 Å². The molecular formula is C14H12FN3O4. The van der Waals surface area contributed by atoms with Gasteiger partial charge in [-0.3, -0.25) is 10.1 Å². The fraction of sp³-hybridized carbons (Fsp3) is 0.143. The van der Waals surface area contributed by atoms with Gasteiger partial charge in [0.15, 0.2) is 0 Å². The van der Waals surface area contributed by atoms with Crippen molar-refractivity contribution in [3.8, 4) is 0 Å².